The summed E-state index contributed by atoms with van der Waals surface area (Å²) >= 11 is 0. The molecule has 10 heteroatoms. The first-order valence-corrected chi connectivity index (χ1v) is 12.3. The highest BCUT2D eigenvalue weighted by Gasteiger charge is 2.24. The molecular formula is C27H26N8O2. The Labute approximate surface area is 213 Å². The number of aromatic amines is 1. The summed E-state index contributed by atoms with van der Waals surface area (Å²) in [5.74, 6) is 0.505. The second-order valence-corrected chi connectivity index (χ2v) is 9.12. The van der Waals surface area contributed by atoms with Crippen molar-refractivity contribution in [1.29, 1.82) is 0 Å². The zero-order valence-corrected chi connectivity index (χ0v) is 20.3. The number of tetrazole rings is 1. The van der Waals surface area contributed by atoms with Crippen molar-refractivity contribution in [1.82, 2.24) is 25.9 Å². The Kier molecular flexibility index (Phi) is 5.97. The number of rotatable bonds is 5. The smallest absolute Gasteiger partial charge is 0.322 e. The summed E-state index contributed by atoms with van der Waals surface area (Å²) in [6.45, 7) is 2.72. The van der Waals surface area contributed by atoms with Gasteiger partial charge in [0.1, 0.15) is 0 Å². The molecule has 1 atom stereocenters. The maximum Gasteiger partial charge on any atom is 0.322 e. The molecule has 3 heterocycles. The summed E-state index contributed by atoms with van der Waals surface area (Å²) in [5, 5.41) is 24.4. The number of urea groups is 1. The lowest BCUT2D eigenvalue weighted by atomic mass is 9.97. The first-order chi connectivity index (χ1) is 18.2. The minimum absolute atomic E-state index is 0.356. The van der Waals surface area contributed by atoms with E-state index in [0.717, 1.165) is 53.2 Å². The number of carbonyl (C=O) groups excluding carboxylic acids is 1. The predicted octanol–water partition coefficient (Wildman–Crippen LogP) is 4.86. The first-order valence-electron chi connectivity index (χ1n) is 12.3. The standard InChI is InChI=1S/C27H26N8O2/c1-17-15-25(37-32-17)29-27(36)28-22-16-19(20-9-3-4-10-21(20)26-30-33-34-31-26)12-13-24(22)35-14-6-8-18-7-2-5-11-23(18)35/h2-5,7,9-13,16,25H,6,8,14-15H2,1H3,(H2,28,29,36)(H,30,31,33,34). The number of anilines is 3. The van der Waals surface area contributed by atoms with Crippen LogP contribution >= 0.6 is 0 Å². The SMILES string of the molecule is CC1=NOC(NC(=O)Nc2cc(-c3ccccc3-c3nn[nH]n3)ccc2N2CCCc3ccccc32)C1. The number of hydrogen-bond acceptors (Lipinski definition) is 7. The van der Waals surface area contributed by atoms with Gasteiger partial charge < -0.3 is 20.4 Å². The van der Waals surface area contributed by atoms with Gasteiger partial charge in [-0.1, -0.05) is 53.7 Å². The van der Waals surface area contributed by atoms with E-state index in [0.29, 0.717) is 17.9 Å². The third kappa shape index (κ3) is 4.61. The molecule has 1 unspecified atom stereocenters. The second kappa shape index (κ2) is 9.73. The van der Waals surface area contributed by atoms with Crippen molar-refractivity contribution in [3.63, 3.8) is 0 Å². The minimum atomic E-state index is -0.485. The Morgan fingerprint density at radius 3 is 2.70 bits per heavy atom. The quantitative estimate of drug-likeness (QED) is 0.364. The molecule has 4 aromatic rings. The van der Waals surface area contributed by atoms with Crippen molar-refractivity contribution >= 4 is 28.8 Å². The van der Waals surface area contributed by atoms with Crippen molar-refractivity contribution in [2.45, 2.75) is 32.4 Å². The van der Waals surface area contributed by atoms with Crippen LogP contribution in [-0.4, -0.2) is 45.1 Å². The minimum Gasteiger partial charge on any atom is -0.370 e. The topological polar surface area (TPSA) is 120 Å². The highest BCUT2D eigenvalue weighted by atomic mass is 16.7. The van der Waals surface area contributed by atoms with Gasteiger partial charge in [-0.05, 0) is 59.9 Å². The molecule has 0 fully saturated rings. The fourth-order valence-electron chi connectivity index (χ4n) is 4.91. The van der Waals surface area contributed by atoms with Crippen LogP contribution in [0.25, 0.3) is 22.5 Å². The van der Waals surface area contributed by atoms with E-state index in [9.17, 15) is 4.79 Å². The number of fused-ring (bicyclic) bond motifs is 1. The number of carbonyl (C=O) groups is 1. The van der Waals surface area contributed by atoms with E-state index in [1.54, 1.807) is 0 Å². The van der Waals surface area contributed by atoms with Crippen molar-refractivity contribution in [2.75, 3.05) is 16.8 Å². The predicted molar refractivity (Wildman–Crippen MR) is 142 cm³/mol. The van der Waals surface area contributed by atoms with Gasteiger partial charge in [0.2, 0.25) is 12.1 Å². The second-order valence-electron chi connectivity index (χ2n) is 9.12. The maximum atomic E-state index is 13.1. The van der Waals surface area contributed by atoms with Crippen LogP contribution in [0.1, 0.15) is 25.3 Å². The van der Waals surface area contributed by atoms with Crippen LogP contribution in [0.3, 0.4) is 0 Å². The molecule has 0 saturated heterocycles. The number of amides is 2. The van der Waals surface area contributed by atoms with Crippen LogP contribution in [0.4, 0.5) is 21.9 Å². The highest BCUT2D eigenvalue weighted by molar-refractivity contribution is 5.97. The van der Waals surface area contributed by atoms with Crippen LogP contribution in [0, 0.1) is 0 Å². The fraction of sp³-hybridized carbons (Fsp3) is 0.222. The molecule has 3 N–H and O–H groups in total. The molecular weight excluding hydrogens is 468 g/mol. The molecule has 1 aromatic heterocycles. The normalized spacial score (nSPS) is 16.5. The van der Waals surface area contributed by atoms with Crippen LogP contribution in [0.2, 0.25) is 0 Å². The number of nitrogens with one attached hydrogen (secondary N) is 3. The summed E-state index contributed by atoms with van der Waals surface area (Å²) < 4.78 is 0. The van der Waals surface area contributed by atoms with Crippen LogP contribution < -0.4 is 15.5 Å². The van der Waals surface area contributed by atoms with Gasteiger partial charge in [-0.15, -0.1) is 10.2 Å². The van der Waals surface area contributed by atoms with Crippen LogP contribution in [0.5, 0.6) is 0 Å². The van der Waals surface area contributed by atoms with E-state index >= 15 is 0 Å². The third-order valence-corrected chi connectivity index (χ3v) is 6.58. The van der Waals surface area contributed by atoms with Gasteiger partial charge in [-0.25, -0.2) is 4.79 Å². The number of aryl methyl sites for hydroxylation is 1. The summed E-state index contributed by atoms with van der Waals surface area (Å²) in [4.78, 5) is 20.6. The maximum absolute atomic E-state index is 13.1. The van der Waals surface area contributed by atoms with Crippen molar-refractivity contribution in [2.24, 2.45) is 5.16 Å². The molecule has 0 saturated carbocycles. The Morgan fingerprint density at radius 2 is 1.89 bits per heavy atom. The Bertz CT molecular complexity index is 1470. The number of H-pyrrole nitrogens is 1. The molecule has 0 bridgehead atoms. The molecule has 0 aliphatic carbocycles. The lowest BCUT2D eigenvalue weighted by Gasteiger charge is -2.33. The fourth-order valence-corrected chi connectivity index (χ4v) is 4.91. The first kappa shape index (κ1) is 22.7. The van der Waals surface area contributed by atoms with Gasteiger partial charge in [0.05, 0.1) is 17.1 Å². The molecule has 2 aliphatic heterocycles. The lowest BCUT2D eigenvalue weighted by molar-refractivity contribution is 0.0689. The zero-order valence-electron chi connectivity index (χ0n) is 20.3. The van der Waals surface area contributed by atoms with Gasteiger partial charge in [0.15, 0.2) is 0 Å². The monoisotopic (exact) mass is 494 g/mol. The molecule has 186 valence electrons. The van der Waals surface area contributed by atoms with E-state index in [4.69, 9.17) is 4.84 Å². The average molecular weight is 495 g/mol. The molecule has 10 nitrogen and oxygen atoms in total. The number of aromatic nitrogens is 4. The van der Waals surface area contributed by atoms with E-state index < -0.39 is 6.23 Å². The Morgan fingerprint density at radius 1 is 1.05 bits per heavy atom. The van der Waals surface area contributed by atoms with E-state index in [2.05, 4.69) is 71.6 Å². The van der Waals surface area contributed by atoms with Gasteiger partial charge >= 0.3 is 6.03 Å². The number of para-hydroxylation sites is 1. The Hall–Kier alpha value is -4.73. The number of oxime groups is 1. The molecule has 2 amide bonds. The van der Waals surface area contributed by atoms with Crippen molar-refractivity contribution < 1.29 is 9.63 Å². The number of hydrogen-bond donors (Lipinski definition) is 3. The lowest BCUT2D eigenvalue weighted by Crippen LogP contribution is -2.38. The summed E-state index contributed by atoms with van der Waals surface area (Å²) in [6, 6.07) is 22.0. The van der Waals surface area contributed by atoms with Crippen LogP contribution in [0.15, 0.2) is 71.9 Å². The van der Waals surface area contributed by atoms with E-state index in [-0.39, 0.29) is 6.03 Å². The summed E-state index contributed by atoms with van der Waals surface area (Å²) in [7, 11) is 0. The van der Waals surface area contributed by atoms with Crippen molar-refractivity contribution in [3.05, 3.63) is 72.3 Å². The Balaban J connectivity index is 1.39. The van der Waals surface area contributed by atoms with Gasteiger partial charge in [0.25, 0.3) is 0 Å². The number of benzene rings is 3. The van der Waals surface area contributed by atoms with E-state index in [1.807, 2.05) is 43.3 Å². The molecule has 0 spiro atoms. The zero-order chi connectivity index (χ0) is 25.2. The highest BCUT2D eigenvalue weighted by Crippen LogP contribution is 2.40. The van der Waals surface area contributed by atoms with E-state index in [1.165, 1.54) is 5.56 Å². The number of nitrogens with zero attached hydrogens (tertiary/aromatic N) is 5. The molecule has 6 rings (SSSR count). The van der Waals surface area contributed by atoms with Crippen LogP contribution in [-0.2, 0) is 11.3 Å². The van der Waals surface area contributed by atoms with Gasteiger partial charge in [-0.2, -0.15) is 5.21 Å². The van der Waals surface area contributed by atoms with Gasteiger partial charge in [-0.3, -0.25) is 0 Å². The summed E-state index contributed by atoms with van der Waals surface area (Å²) in [6.07, 6.45) is 2.13. The molecule has 2 aliphatic rings. The average Bonchev–Trinajstić information content (AvgIpc) is 3.60. The third-order valence-electron chi connectivity index (χ3n) is 6.58. The van der Waals surface area contributed by atoms with Gasteiger partial charge in [0, 0.05) is 24.2 Å². The molecule has 3 aromatic carbocycles. The molecule has 37 heavy (non-hydrogen) atoms. The molecule has 0 radical (unpaired) electrons. The summed E-state index contributed by atoms with van der Waals surface area (Å²) in [5.41, 5.74) is 7.59. The largest absolute Gasteiger partial charge is 0.370 e. The van der Waals surface area contributed by atoms with Crippen molar-refractivity contribution in [3.8, 4) is 22.5 Å².